The second-order valence-corrected chi connectivity index (χ2v) is 4.60. The van der Waals surface area contributed by atoms with E-state index in [1.807, 2.05) is 48.7 Å². The lowest BCUT2D eigenvalue weighted by molar-refractivity contribution is 1.00. The Hall–Kier alpha value is -2.72. The molecule has 0 fully saturated rings. The van der Waals surface area contributed by atoms with Gasteiger partial charge in [0.1, 0.15) is 0 Å². The lowest BCUT2D eigenvalue weighted by atomic mass is 9.96. The highest BCUT2D eigenvalue weighted by Crippen LogP contribution is 2.22. The van der Waals surface area contributed by atoms with Crippen LogP contribution in [-0.2, 0) is 0 Å². The third-order valence-corrected chi connectivity index (χ3v) is 3.20. The molecule has 1 aromatic heterocycles. The molecule has 96 valence electrons. The van der Waals surface area contributed by atoms with Crippen molar-refractivity contribution in [2.45, 2.75) is 5.92 Å². The van der Waals surface area contributed by atoms with E-state index in [0.717, 1.165) is 11.3 Å². The van der Waals surface area contributed by atoms with Crippen molar-refractivity contribution < 1.29 is 0 Å². The van der Waals surface area contributed by atoms with E-state index in [1.54, 1.807) is 0 Å². The maximum atomic E-state index is 3.37. The Balaban J connectivity index is 1.98. The van der Waals surface area contributed by atoms with Crippen LogP contribution in [-0.4, -0.2) is 4.98 Å². The fraction of sp³-hybridized carbons (Fsp3) is 0.0526. The Labute approximate surface area is 119 Å². The zero-order valence-corrected chi connectivity index (χ0v) is 11.1. The highest BCUT2D eigenvalue weighted by atomic mass is 14.7. The standard InChI is InChI=1S/C19H15N/c1-3-8-16(9-4-1)13-14-18(19-12-7-15-20-19)17-10-5-2-6-11-17/h1-12,15,18,20H. The van der Waals surface area contributed by atoms with Gasteiger partial charge in [-0.15, -0.1) is 0 Å². The fourth-order valence-corrected chi connectivity index (χ4v) is 2.19. The number of hydrogen-bond donors (Lipinski definition) is 1. The summed E-state index contributed by atoms with van der Waals surface area (Å²) in [6, 6.07) is 24.5. The van der Waals surface area contributed by atoms with E-state index in [2.05, 4.69) is 47.2 Å². The summed E-state index contributed by atoms with van der Waals surface area (Å²) >= 11 is 0. The average Bonchev–Trinajstić information content (AvgIpc) is 3.04. The molecule has 2 aromatic carbocycles. The molecule has 0 aliphatic rings. The van der Waals surface area contributed by atoms with Crippen LogP contribution >= 0.6 is 0 Å². The first-order valence-corrected chi connectivity index (χ1v) is 6.68. The molecule has 1 unspecified atom stereocenters. The summed E-state index contributed by atoms with van der Waals surface area (Å²) < 4.78 is 0. The van der Waals surface area contributed by atoms with Crippen molar-refractivity contribution in [3.8, 4) is 11.8 Å². The van der Waals surface area contributed by atoms with Crippen molar-refractivity contribution in [1.82, 2.24) is 4.98 Å². The minimum absolute atomic E-state index is 0.0754. The van der Waals surface area contributed by atoms with Gasteiger partial charge in [-0.1, -0.05) is 60.4 Å². The second kappa shape index (κ2) is 5.95. The van der Waals surface area contributed by atoms with Crippen LogP contribution in [0.1, 0.15) is 22.7 Å². The van der Waals surface area contributed by atoms with Gasteiger partial charge in [0.05, 0.1) is 5.92 Å². The quantitative estimate of drug-likeness (QED) is 0.662. The van der Waals surface area contributed by atoms with Gasteiger partial charge < -0.3 is 4.98 Å². The molecule has 1 nitrogen and oxygen atoms in total. The number of aromatic nitrogens is 1. The molecule has 0 saturated heterocycles. The molecule has 0 bridgehead atoms. The zero-order valence-electron chi connectivity index (χ0n) is 11.1. The van der Waals surface area contributed by atoms with Crippen LogP contribution in [0, 0.1) is 11.8 Å². The number of H-pyrrole nitrogens is 1. The van der Waals surface area contributed by atoms with E-state index in [0.29, 0.717) is 0 Å². The Kier molecular flexibility index (Phi) is 3.66. The summed E-state index contributed by atoms with van der Waals surface area (Å²) in [4.78, 5) is 3.27. The summed E-state index contributed by atoms with van der Waals surface area (Å²) in [5, 5.41) is 0. The average molecular weight is 257 g/mol. The van der Waals surface area contributed by atoms with Crippen LogP contribution in [0.4, 0.5) is 0 Å². The summed E-state index contributed by atoms with van der Waals surface area (Å²) in [6.07, 6.45) is 1.94. The monoisotopic (exact) mass is 257 g/mol. The topological polar surface area (TPSA) is 15.8 Å². The normalized spacial score (nSPS) is 11.4. The van der Waals surface area contributed by atoms with Crippen molar-refractivity contribution in [2.75, 3.05) is 0 Å². The van der Waals surface area contributed by atoms with Crippen LogP contribution in [0.5, 0.6) is 0 Å². The van der Waals surface area contributed by atoms with Crippen LogP contribution < -0.4 is 0 Å². The first-order valence-electron chi connectivity index (χ1n) is 6.68. The lowest BCUT2D eigenvalue weighted by Crippen LogP contribution is -1.98. The van der Waals surface area contributed by atoms with Crippen LogP contribution in [0.2, 0.25) is 0 Å². The van der Waals surface area contributed by atoms with E-state index in [1.165, 1.54) is 5.56 Å². The van der Waals surface area contributed by atoms with E-state index in [4.69, 9.17) is 0 Å². The molecule has 1 heteroatoms. The van der Waals surface area contributed by atoms with Crippen LogP contribution in [0.15, 0.2) is 79.0 Å². The highest BCUT2D eigenvalue weighted by molar-refractivity contribution is 5.42. The third-order valence-electron chi connectivity index (χ3n) is 3.20. The van der Waals surface area contributed by atoms with Crippen molar-refractivity contribution >= 4 is 0 Å². The maximum Gasteiger partial charge on any atom is 0.0855 e. The van der Waals surface area contributed by atoms with Gasteiger partial charge in [0, 0.05) is 17.5 Å². The largest absolute Gasteiger partial charge is 0.364 e. The molecule has 1 N–H and O–H groups in total. The molecule has 3 aromatic rings. The van der Waals surface area contributed by atoms with Crippen molar-refractivity contribution in [3.05, 3.63) is 95.8 Å². The van der Waals surface area contributed by atoms with Gasteiger partial charge in [0.25, 0.3) is 0 Å². The van der Waals surface area contributed by atoms with Crippen molar-refractivity contribution in [2.24, 2.45) is 0 Å². The summed E-state index contributed by atoms with van der Waals surface area (Å²) in [7, 11) is 0. The minimum atomic E-state index is 0.0754. The fourth-order valence-electron chi connectivity index (χ4n) is 2.19. The van der Waals surface area contributed by atoms with Crippen LogP contribution in [0.3, 0.4) is 0 Å². The third kappa shape index (κ3) is 2.81. The zero-order chi connectivity index (χ0) is 13.6. The number of benzene rings is 2. The maximum absolute atomic E-state index is 3.37. The molecule has 0 amide bonds. The molecular formula is C19H15N. The first kappa shape index (κ1) is 12.3. The first-order chi connectivity index (χ1) is 9.93. The van der Waals surface area contributed by atoms with Crippen molar-refractivity contribution in [3.63, 3.8) is 0 Å². The predicted octanol–water partition coefficient (Wildman–Crippen LogP) is 4.20. The van der Waals surface area contributed by atoms with Crippen LogP contribution in [0.25, 0.3) is 0 Å². The number of rotatable bonds is 2. The molecule has 3 rings (SSSR count). The SMILES string of the molecule is C(#CC(c1ccccc1)c1ccc[nH]1)c1ccccc1. The molecule has 1 atom stereocenters. The van der Waals surface area contributed by atoms with Gasteiger partial charge in [-0.25, -0.2) is 0 Å². The molecule has 1 heterocycles. The molecule has 0 radical (unpaired) electrons. The number of hydrogen-bond acceptors (Lipinski definition) is 0. The second-order valence-electron chi connectivity index (χ2n) is 4.60. The van der Waals surface area contributed by atoms with E-state index in [9.17, 15) is 0 Å². The van der Waals surface area contributed by atoms with Gasteiger partial charge in [-0.3, -0.25) is 0 Å². The molecular weight excluding hydrogens is 242 g/mol. The van der Waals surface area contributed by atoms with Gasteiger partial charge >= 0.3 is 0 Å². The van der Waals surface area contributed by atoms with E-state index < -0.39 is 0 Å². The van der Waals surface area contributed by atoms with Gasteiger partial charge in [0.15, 0.2) is 0 Å². The Morgan fingerprint density at radius 1 is 0.750 bits per heavy atom. The predicted molar refractivity (Wildman–Crippen MR) is 82.4 cm³/mol. The lowest BCUT2D eigenvalue weighted by Gasteiger charge is -2.09. The smallest absolute Gasteiger partial charge is 0.0855 e. The number of nitrogens with one attached hydrogen (secondary N) is 1. The minimum Gasteiger partial charge on any atom is -0.364 e. The molecule has 20 heavy (non-hydrogen) atoms. The summed E-state index contributed by atoms with van der Waals surface area (Å²) in [5.74, 6) is 6.71. The van der Waals surface area contributed by atoms with Gasteiger partial charge in [-0.2, -0.15) is 0 Å². The van der Waals surface area contributed by atoms with Gasteiger partial charge in [0.2, 0.25) is 0 Å². The molecule has 0 aliphatic heterocycles. The Bertz CT molecular complexity index is 701. The summed E-state index contributed by atoms with van der Waals surface area (Å²) in [5.41, 5.74) is 3.37. The highest BCUT2D eigenvalue weighted by Gasteiger charge is 2.11. The van der Waals surface area contributed by atoms with E-state index >= 15 is 0 Å². The Morgan fingerprint density at radius 2 is 1.45 bits per heavy atom. The Morgan fingerprint density at radius 3 is 2.10 bits per heavy atom. The summed E-state index contributed by atoms with van der Waals surface area (Å²) in [6.45, 7) is 0. The molecule has 0 saturated carbocycles. The molecule has 0 aliphatic carbocycles. The molecule has 0 spiro atoms. The van der Waals surface area contributed by atoms with Crippen molar-refractivity contribution in [1.29, 1.82) is 0 Å². The number of aromatic amines is 1. The van der Waals surface area contributed by atoms with Gasteiger partial charge in [-0.05, 0) is 29.8 Å². The van der Waals surface area contributed by atoms with E-state index in [-0.39, 0.29) is 5.92 Å².